The Morgan fingerprint density at radius 3 is 2.50 bits per heavy atom. The molecule has 1 amide bonds. The Hall–Kier alpha value is -3.68. The average Bonchev–Trinajstić information content (AvgIpc) is 2.72. The molecule has 0 aliphatic rings. The molecule has 0 bridgehead atoms. The lowest BCUT2D eigenvalue weighted by Crippen LogP contribution is -2.28. The summed E-state index contributed by atoms with van der Waals surface area (Å²) in [6.07, 6.45) is 0. The van der Waals surface area contributed by atoms with Gasteiger partial charge in [-0.3, -0.25) is 9.59 Å². The molecule has 8 heteroatoms. The summed E-state index contributed by atoms with van der Waals surface area (Å²) in [6.45, 7) is 4.96. The molecule has 1 N–H and O–H groups in total. The maximum Gasteiger partial charge on any atom is 0.359 e. The van der Waals surface area contributed by atoms with Crippen LogP contribution in [0.1, 0.15) is 35.9 Å². The second-order valence-corrected chi connectivity index (χ2v) is 7.07. The molecule has 30 heavy (non-hydrogen) atoms. The molecular formula is C22H23N3O5. The summed E-state index contributed by atoms with van der Waals surface area (Å²) in [5.41, 5.74) is 1.12. The van der Waals surface area contributed by atoms with E-state index in [4.69, 9.17) is 9.47 Å². The minimum atomic E-state index is -0.785. The highest BCUT2D eigenvalue weighted by Crippen LogP contribution is 2.25. The van der Waals surface area contributed by atoms with Crippen LogP contribution in [0.5, 0.6) is 5.75 Å². The van der Waals surface area contributed by atoms with Gasteiger partial charge in [-0.05, 0) is 44.5 Å². The fraction of sp³-hybridized carbons (Fsp3) is 0.273. The van der Waals surface area contributed by atoms with Crippen molar-refractivity contribution in [3.05, 3.63) is 64.1 Å². The molecule has 0 aliphatic carbocycles. The quantitative estimate of drug-likeness (QED) is 0.628. The van der Waals surface area contributed by atoms with Crippen LogP contribution in [0.3, 0.4) is 0 Å². The minimum absolute atomic E-state index is 0.0140. The number of aromatic nitrogens is 2. The molecule has 3 aromatic rings. The second-order valence-electron chi connectivity index (χ2n) is 7.07. The molecule has 0 unspecified atom stereocenters. The maximum absolute atomic E-state index is 12.7. The third-order valence-corrected chi connectivity index (χ3v) is 4.47. The monoisotopic (exact) mass is 409 g/mol. The van der Waals surface area contributed by atoms with E-state index in [-0.39, 0.29) is 17.3 Å². The average molecular weight is 409 g/mol. The van der Waals surface area contributed by atoms with Crippen molar-refractivity contribution in [3.63, 3.8) is 0 Å². The van der Waals surface area contributed by atoms with E-state index >= 15 is 0 Å². The summed E-state index contributed by atoms with van der Waals surface area (Å²) in [6, 6.07) is 11.8. The van der Waals surface area contributed by atoms with Gasteiger partial charge in [0.25, 0.3) is 11.5 Å². The Labute approximate surface area is 173 Å². The van der Waals surface area contributed by atoms with Crippen molar-refractivity contribution in [1.82, 2.24) is 9.78 Å². The first-order valence-electron chi connectivity index (χ1n) is 9.45. The lowest BCUT2D eigenvalue weighted by atomic mass is 10.1. The number of hydrogen-bond acceptors (Lipinski definition) is 6. The third-order valence-electron chi connectivity index (χ3n) is 4.47. The number of aryl methyl sites for hydroxylation is 1. The number of rotatable bonds is 6. The summed E-state index contributed by atoms with van der Waals surface area (Å²) in [7, 11) is 1.50. The lowest BCUT2D eigenvalue weighted by molar-refractivity contribution is -0.119. The van der Waals surface area contributed by atoms with Gasteiger partial charge in [-0.2, -0.15) is 5.10 Å². The molecule has 0 radical (unpaired) electrons. The number of carbonyl (C=O) groups excluding carboxylic acids is 2. The fourth-order valence-corrected chi connectivity index (χ4v) is 3.01. The molecular weight excluding hydrogens is 386 g/mol. The van der Waals surface area contributed by atoms with Crippen LogP contribution < -0.4 is 15.6 Å². The zero-order valence-corrected chi connectivity index (χ0v) is 17.3. The van der Waals surface area contributed by atoms with E-state index in [9.17, 15) is 14.4 Å². The molecule has 2 aromatic carbocycles. The van der Waals surface area contributed by atoms with Gasteiger partial charge in [0.15, 0.2) is 12.3 Å². The van der Waals surface area contributed by atoms with Gasteiger partial charge in [0.2, 0.25) is 0 Å². The highest BCUT2D eigenvalue weighted by molar-refractivity contribution is 6.03. The van der Waals surface area contributed by atoms with Gasteiger partial charge in [-0.25, -0.2) is 9.48 Å². The SMILES string of the molecule is COc1ccc(C)cc1NC(=O)COC(=O)c1nn(C(C)C)c(=O)c2ccccc12. The third kappa shape index (κ3) is 4.32. The summed E-state index contributed by atoms with van der Waals surface area (Å²) in [5, 5.41) is 7.59. The van der Waals surface area contributed by atoms with Crippen molar-refractivity contribution in [1.29, 1.82) is 0 Å². The number of fused-ring (bicyclic) bond motifs is 1. The second kappa shape index (κ2) is 8.77. The van der Waals surface area contributed by atoms with E-state index in [1.54, 1.807) is 50.2 Å². The normalized spacial score (nSPS) is 10.8. The van der Waals surface area contributed by atoms with E-state index < -0.39 is 18.5 Å². The number of nitrogens with one attached hydrogen (secondary N) is 1. The Bertz CT molecular complexity index is 1170. The fourth-order valence-electron chi connectivity index (χ4n) is 3.01. The van der Waals surface area contributed by atoms with Crippen LogP contribution in [-0.2, 0) is 9.53 Å². The van der Waals surface area contributed by atoms with Crippen LogP contribution in [0, 0.1) is 6.92 Å². The lowest BCUT2D eigenvalue weighted by Gasteiger charge is -2.13. The number of hydrogen-bond donors (Lipinski definition) is 1. The molecule has 0 fully saturated rings. The van der Waals surface area contributed by atoms with Crippen LogP contribution in [0.15, 0.2) is 47.3 Å². The van der Waals surface area contributed by atoms with Gasteiger partial charge in [-0.1, -0.05) is 24.3 Å². The molecule has 0 atom stereocenters. The zero-order valence-electron chi connectivity index (χ0n) is 17.3. The molecule has 0 saturated carbocycles. The van der Waals surface area contributed by atoms with Crippen molar-refractivity contribution >= 4 is 28.3 Å². The number of anilines is 1. The van der Waals surface area contributed by atoms with Crippen molar-refractivity contribution in [2.45, 2.75) is 26.8 Å². The van der Waals surface area contributed by atoms with Gasteiger partial charge in [0.1, 0.15) is 5.75 Å². The van der Waals surface area contributed by atoms with E-state index in [0.717, 1.165) is 5.56 Å². The summed E-state index contributed by atoms with van der Waals surface area (Å²) < 4.78 is 11.6. The topological polar surface area (TPSA) is 99.5 Å². The Kier molecular flexibility index (Phi) is 6.15. The zero-order chi connectivity index (χ0) is 21.8. The smallest absolute Gasteiger partial charge is 0.359 e. The maximum atomic E-state index is 12.7. The Balaban J connectivity index is 1.81. The van der Waals surface area contributed by atoms with Gasteiger partial charge < -0.3 is 14.8 Å². The highest BCUT2D eigenvalue weighted by atomic mass is 16.5. The van der Waals surface area contributed by atoms with E-state index in [0.29, 0.717) is 22.2 Å². The first kappa shape index (κ1) is 21.0. The van der Waals surface area contributed by atoms with Gasteiger partial charge >= 0.3 is 5.97 Å². The van der Waals surface area contributed by atoms with Crippen LogP contribution in [-0.4, -0.2) is 35.4 Å². The number of methoxy groups -OCH3 is 1. The first-order chi connectivity index (χ1) is 14.3. The first-order valence-corrected chi connectivity index (χ1v) is 9.45. The molecule has 1 heterocycles. The highest BCUT2D eigenvalue weighted by Gasteiger charge is 2.20. The molecule has 156 valence electrons. The Morgan fingerprint density at radius 2 is 1.83 bits per heavy atom. The molecule has 0 spiro atoms. The van der Waals surface area contributed by atoms with Crippen molar-refractivity contribution in [3.8, 4) is 5.75 Å². The van der Waals surface area contributed by atoms with E-state index in [2.05, 4.69) is 10.4 Å². The molecule has 0 saturated heterocycles. The molecule has 0 aliphatic heterocycles. The molecule has 8 nitrogen and oxygen atoms in total. The Morgan fingerprint density at radius 1 is 1.13 bits per heavy atom. The number of ether oxygens (including phenoxy) is 2. The van der Waals surface area contributed by atoms with Crippen LogP contribution in [0.25, 0.3) is 10.8 Å². The predicted octanol–water partition coefficient (Wildman–Crippen LogP) is 3.09. The van der Waals surface area contributed by atoms with Crippen molar-refractivity contribution in [2.24, 2.45) is 0 Å². The summed E-state index contributed by atoms with van der Waals surface area (Å²) in [4.78, 5) is 37.5. The minimum Gasteiger partial charge on any atom is -0.495 e. The molecule has 1 aromatic heterocycles. The van der Waals surface area contributed by atoms with Crippen molar-refractivity contribution in [2.75, 3.05) is 19.0 Å². The van der Waals surface area contributed by atoms with E-state index in [1.165, 1.54) is 11.8 Å². The number of nitrogens with zero attached hydrogens (tertiary/aromatic N) is 2. The van der Waals surface area contributed by atoms with Crippen LogP contribution >= 0.6 is 0 Å². The summed E-state index contributed by atoms with van der Waals surface area (Å²) >= 11 is 0. The molecule has 3 rings (SSSR count). The van der Waals surface area contributed by atoms with E-state index in [1.807, 2.05) is 13.0 Å². The number of carbonyl (C=O) groups is 2. The van der Waals surface area contributed by atoms with Gasteiger partial charge in [0, 0.05) is 5.39 Å². The van der Waals surface area contributed by atoms with Crippen LogP contribution in [0.2, 0.25) is 0 Å². The number of esters is 1. The predicted molar refractivity (Wildman–Crippen MR) is 113 cm³/mol. The standard InChI is InChI=1S/C22H23N3O5/c1-13(2)25-21(27)16-8-6-5-7-15(16)20(24-25)22(28)30-12-19(26)23-17-11-14(3)9-10-18(17)29-4/h5-11,13H,12H2,1-4H3,(H,23,26). The number of amides is 1. The van der Waals surface area contributed by atoms with Crippen LogP contribution in [0.4, 0.5) is 5.69 Å². The van der Waals surface area contributed by atoms with Gasteiger partial charge in [-0.15, -0.1) is 0 Å². The number of benzene rings is 2. The summed E-state index contributed by atoms with van der Waals surface area (Å²) in [5.74, 6) is -0.808. The van der Waals surface area contributed by atoms with Crippen molar-refractivity contribution < 1.29 is 19.1 Å². The largest absolute Gasteiger partial charge is 0.495 e. The van der Waals surface area contributed by atoms with Gasteiger partial charge in [0.05, 0.1) is 24.2 Å².